The van der Waals surface area contributed by atoms with E-state index in [2.05, 4.69) is 16.0 Å². The second kappa shape index (κ2) is 4.54. The van der Waals surface area contributed by atoms with Crippen LogP contribution >= 0.6 is 11.6 Å². The third-order valence-corrected chi connectivity index (χ3v) is 2.74. The molecule has 0 radical (unpaired) electrons. The number of aromatic nitrogens is 2. The molecule has 1 fully saturated rings. The first kappa shape index (κ1) is 11.0. The molecule has 0 aromatic carbocycles. The lowest BCUT2D eigenvalue weighted by atomic mass is 10.3. The molecule has 0 bridgehead atoms. The van der Waals surface area contributed by atoms with Crippen LogP contribution in [0.4, 0.5) is 11.8 Å². The van der Waals surface area contributed by atoms with Gasteiger partial charge in [-0.25, -0.2) is 4.98 Å². The molecule has 0 aliphatic heterocycles. The lowest BCUT2D eigenvalue weighted by Gasteiger charge is -2.23. The Morgan fingerprint density at radius 2 is 2.38 bits per heavy atom. The second-order valence-electron chi connectivity index (χ2n) is 3.73. The lowest BCUT2D eigenvalue weighted by Crippen LogP contribution is -2.28. The van der Waals surface area contributed by atoms with Crippen molar-refractivity contribution >= 4 is 23.4 Å². The van der Waals surface area contributed by atoms with Crippen molar-refractivity contribution in [3.8, 4) is 6.07 Å². The molecule has 0 spiro atoms. The van der Waals surface area contributed by atoms with Gasteiger partial charge in [0, 0.05) is 12.6 Å². The van der Waals surface area contributed by atoms with E-state index < -0.39 is 0 Å². The van der Waals surface area contributed by atoms with Gasteiger partial charge in [0.25, 0.3) is 0 Å². The molecule has 1 saturated carbocycles. The van der Waals surface area contributed by atoms with Gasteiger partial charge < -0.3 is 10.6 Å². The van der Waals surface area contributed by atoms with E-state index in [0.29, 0.717) is 29.8 Å². The Balaban J connectivity index is 2.23. The lowest BCUT2D eigenvalue weighted by molar-refractivity contribution is 0.777. The maximum Gasteiger partial charge on any atom is 0.222 e. The first-order chi connectivity index (χ1) is 7.72. The third-order valence-electron chi connectivity index (χ3n) is 2.47. The molecule has 0 atom stereocenters. The predicted molar refractivity (Wildman–Crippen MR) is 62.1 cm³/mol. The Hall–Kier alpha value is -1.54. The predicted octanol–water partition coefficient (Wildman–Crippen LogP) is 1.59. The van der Waals surface area contributed by atoms with Gasteiger partial charge in [-0.15, -0.1) is 0 Å². The summed E-state index contributed by atoms with van der Waals surface area (Å²) in [4.78, 5) is 10.0. The van der Waals surface area contributed by atoms with Crippen LogP contribution in [0.5, 0.6) is 0 Å². The molecule has 6 heteroatoms. The molecule has 5 nitrogen and oxygen atoms in total. The van der Waals surface area contributed by atoms with Gasteiger partial charge in [-0.05, 0) is 12.8 Å². The van der Waals surface area contributed by atoms with Gasteiger partial charge in [-0.3, -0.25) is 0 Å². The summed E-state index contributed by atoms with van der Waals surface area (Å²) in [5.74, 6) is 0.855. The van der Waals surface area contributed by atoms with E-state index in [1.165, 1.54) is 6.20 Å². The number of nitriles is 1. The number of rotatable bonds is 4. The number of nitrogens with zero attached hydrogens (tertiary/aromatic N) is 4. The molecule has 1 heterocycles. The minimum absolute atomic E-state index is 0.210. The monoisotopic (exact) mass is 237 g/mol. The fourth-order valence-corrected chi connectivity index (χ4v) is 1.79. The highest BCUT2D eigenvalue weighted by Crippen LogP contribution is 2.34. The summed E-state index contributed by atoms with van der Waals surface area (Å²) < 4.78 is 0. The molecule has 0 amide bonds. The molecule has 2 N–H and O–H groups in total. The minimum atomic E-state index is 0.210. The zero-order valence-corrected chi connectivity index (χ0v) is 9.48. The Kier molecular flexibility index (Phi) is 3.11. The van der Waals surface area contributed by atoms with E-state index in [4.69, 9.17) is 22.6 Å². The Morgan fingerprint density at radius 3 is 3.00 bits per heavy atom. The van der Waals surface area contributed by atoms with Crippen LogP contribution in [-0.2, 0) is 0 Å². The van der Waals surface area contributed by atoms with Gasteiger partial charge in [0.2, 0.25) is 5.95 Å². The SMILES string of the molecule is N#CCCN(c1nc(N)ncc1Cl)C1CC1. The van der Waals surface area contributed by atoms with E-state index in [0.717, 1.165) is 12.8 Å². The minimum Gasteiger partial charge on any atom is -0.368 e. The van der Waals surface area contributed by atoms with Crippen molar-refractivity contribution in [1.82, 2.24) is 9.97 Å². The van der Waals surface area contributed by atoms with Crippen LogP contribution in [0.25, 0.3) is 0 Å². The van der Waals surface area contributed by atoms with Crippen LogP contribution in [0.2, 0.25) is 5.02 Å². The Labute approximate surface area is 98.9 Å². The molecule has 84 valence electrons. The standard InChI is InChI=1S/C10H12ClN5/c11-8-6-14-10(13)15-9(8)16(5-1-4-12)7-2-3-7/h6-7H,1-3,5H2,(H2,13,14,15). The van der Waals surface area contributed by atoms with Crippen molar-refractivity contribution in [3.05, 3.63) is 11.2 Å². The van der Waals surface area contributed by atoms with Crippen molar-refractivity contribution in [2.75, 3.05) is 17.2 Å². The van der Waals surface area contributed by atoms with Crippen LogP contribution in [0.15, 0.2) is 6.20 Å². The number of hydrogen-bond donors (Lipinski definition) is 1. The van der Waals surface area contributed by atoms with Crippen molar-refractivity contribution in [3.63, 3.8) is 0 Å². The highest BCUT2D eigenvalue weighted by Gasteiger charge is 2.31. The van der Waals surface area contributed by atoms with Crippen LogP contribution in [0, 0.1) is 11.3 Å². The summed E-state index contributed by atoms with van der Waals surface area (Å²) in [5.41, 5.74) is 5.54. The summed E-state index contributed by atoms with van der Waals surface area (Å²) in [7, 11) is 0. The van der Waals surface area contributed by atoms with Gasteiger partial charge >= 0.3 is 0 Å². The summed E-state index contributed by atoms with van der Waals surface area (Å²) in [5, 5.41) is 9.11. The quantitative estimate of drug-likeness (QED) is 0.861. The molecular weight excluding hydrogens is 226 g/mol. The highest BCUT2D eigenvalue weighted by molar-refractivity contribution is 6.32. The van der Waals surface area contributed by atoms with E-state index in [1.54, 1.807) is 0 Å². The molecular formula is C10H12ClN5. The normalized spacial score (nSPS) is 14.5. The first-order valence-electron chi connectivity index (χ1n) is 5.14. The number of nitrogen functional groups attached to an aromatic ring is 1. The van der Waals surface area contributed by atoms with E-state index in [-0.39, 0.29) is 5.95 Å². The number of anilines is 2. The zero-order valence-electron chi connectivity index (χ0n) is 8.73. The van der Waals surface area contributed by atoms with Crippen molar-refractivity contribution in [2.24, 2.45) is 0 Å². The smallest absolute Gasteiger partial charge is 0.222 e. The molecule has 1 aromatic rings. The average molecular weight is 238 g/mol. The van der Waals surface area contributed by atoms with Gasteiger partial charge in [0.1, 0.15) is 5.02 Å². The molecule has 1 aromatic heterocycles. The average Bonchev–Trinajstić information content (AvgIpc) is 3.08. The Morgan fingerprint density at radius 1 is 1.62 bits per heavy atom. The molecule has 16 heavy (non-hydrogen) atoms. The van der Waals surface area contributed by atoms with Crippen molar-refractivity contribution < 1.29 is 0 Å². The zero-order chi connectivity index (χ0) is 11.5. The molecule has 1 aliphatic carbocycles. The van der Waals surface area contributed by atoms with E-state index in [9.17, 15) is 0 Å². The summed E-state index contributed by atoms with van der Waals surface area (Å²) >= 11 is 6.04. The maximum atomic E-state index is 8.62. The third kappa shape index (κ3) is 2.34. The highest BCUT2D eigenvalue weighted by atomic mass is 35.5. The topological polar surface area (TPSA) is 78.8 Å². The number of nitrogens with two attached hydrogens (primary N) is 1. The number of hydrogen-bond acceptors (Lipinski definition) is 5. The largest absolute Gasteiger partial charge is 0.368 e. The molecule has 2 rings (SSSR count). The maximum absolute atomic E-state index is 8.62. The molecule has 0 unspecified atom stereocenters. The van der Waals surface area contributed by atoms with Crippen molar-refractivity contribution in [2.45, 2.75) is 25.3 Å². The summed E-state index contributed by atoms with van der Waals surface area (Å²) in [6.07, 6.45) is 4.19. The summed E-state index contributed by atoms with van der Waals surface area (Å²) in [6.45, 7) is 0.636. The van der Waals surface area contributed by atoms with Gasteiger partial charge in [0.05, 0.1) is 18.7 Å². The van der Waals surface area contributed by atoms with Crippen LogP contribution in [-0.4, -0.2) is 22.6 Å². The van der Waals surface area contributed by atoms with Gasteiger partial charge in [-0.1, -0.05) is 11.6 Å². The molecule has 0 saturated heterocycles. The molecule has 1 aliphatic rings. The fraction of sp³-hybridized carbons (Fsp3) is 0.500. The van der Waals surface area contributed by atoms with E-state index >= 15 is 0 Å². The van der Waals surface area contributed by atoms with Crippen molar-refractivity contribution in [1.29, 1.82) is 5.26 Å². The Bertz CT molecular complexity index is 424. The van der Waals surface area contributed by atoms with Gasteiger partial charge in [0.15, 0.2) is 5.82 Å². The second-order valence-corrected chi connectivity index (χ2v) is 4.14. The van der Waals surface area contributed by atoms with Crippen LogP contribution in [0.1, 0.15) is 19.3 Å². The van der Waals surface area contributed by atoms with Crippen LogP contribution < -0.4 is 10.6 Å². The summed E-state index contributed by atoms with van der Waals surface area (Å²) in [6, 6.07) is 2.57. The first-order valence-corrected chi connectivity index (χ1v) is 5.52. The van der Waals surface area contributed by atoms with Gasteiger partial charge in [-0.2, -0.15) is 10.2 Å². The number of halogens is 1. The fourth-order valence-electron chi connectivity index (χ4n) is 1.59. The van der Waals surface area contributed by atoms with E-state index in [1.807, 2.05) is 4.90 Å². The van der Waals surface area contributed by atoms with Crippen LogP contribution in [0.3, 0.4) is 0 Å².